The smallest absolute Gasteiger partial charge is 0.291 e. The first-order chi connectivity index (χ1) is 9.20. The van der Waals surface area contributed by atoms with E-state index in [0.29, 0.717) is 0 Å². The van der Waals surface area contributed by atoms with Gasteiger partial charge in [-0.15, -0.1) is 11.3 Å². The number of nitrogens with one attached hydrogen (secondary N) is 2. The zero-order valence-corrected chi connectivity index (χ0v) is 10.6. The highest BCUT2D eigenvalue weighted by molar-refractivity contribution is 7.10. The van der Waals surface area contributed by atoms with E-state index in [4.69, 9.17) is 10.3 Å². The van der Waals surface area contributed by atoms with Crippen molar-refractivity contribution in [2.75, 3.05) is 0 Å². The molecule has 0 spiro atoms. The number of carbonyl (C=O) groups excluding carboxylic acids is 2. The lowest BCUT2D eigenvalue weighted by Gasteiger charge is -2.06. The summed E-state index contributed by atoms with van der Waals surface area (Å²) in [7, 11) is 0. The molecule has 2 heterocycles. The summed E-state index contributed by atoms with van der Waals surface area (Å²) in [5.74, 6) is 4.09. The molecule has 0 saturated heterocycles. The van der Waals surface area contributed by atoms with Gasteiger partial charge in [0.05, 0.1) is 6.26 Å². The van der Waals surface area contributed by atoms with Gasteiger partial charge < -0.3 is 9.73 Å². The standard InChI is InChI=1S/C12H11N3O3S/c13-15-11(16)9(7-8-3-2-6-19-8)14-12(17)10-4-1-5-18-10/h1-7H,13H2,(H,14,17)(H,15,16). The monoisotopic (exact) mass is 277 g/mol. The number of hydrazine groups is 1. The van der Waals surface area contributed by atoms with Crippen LogP contribution >= 0.6 is 11.3 Å². The van der Waals surface area contributed by atoms with Crippen molar-refractivity contribution in [2.45, 2.75) is 0 Å². The highest BCUT2D eigenvalue weighted by atomic mass is 32.1. The summed E-state index contributed by atoms with van der Waals surface area (Å²) in [6, 6.07) is 6.73. The quantitative estimate of drug-likeness (QED) is 0.337. The van der Waals surface area contributed by atoms with Gasteiger partial charge >= 0.3 is 0 Å². The molecule has 0 saturated carbocycles. The Balaban J connectivity index is 2.20. The minimum atomic E-state index is -0.590. The Labute approximate surface area is 112 Å². The number of nitrogens with two attached hydrogens (primary N) is 1. The minimum absolute atomic E-state index is 0.0475. The molecule has 98 valence electrons. The summed E-state index contributed by atoms with van der Waals surface area (Å²) in [4.78, 5) is 24.2. The van der Waals surface area contributed by atoms with Gasteiger partial charge in [0.2, 0.25) is 0 Å². The largest absolute Gasteiger partial charge is 0.459 e. The number of amides is 2. The molecular weight excluding hydrogens is 266 g/mol. The van der Waals surface area contributed by atoms with E-state index in [9.17, 15) is 9.59 Å². The molecule has 2 aromatic rings. The van der Waals surface area contributed by atoms with Crippen LogP contribution in [0.1, 0.15) is 15.4 Å². The van der Waals surface area contributed by atoms with Crippen LogP contribution in [0, 0.1) is 0 Å². The average molecular weight is 277 g/mol. The summed E-state index contributed by atoms with van der Waals surface area (Å²) in [6.07, 6.45) is 2.91. The van der Waals surface area contributed by atoms with E-state index in [1.807, 2.05) is 22.9 Å². The fraction of sp³-hybridized carbons (Fsp3) is 0. The van der Waals surface area contributed by atoms with Gasteiger partial charge in [-0.1, -0.05) is 6.07 Å². The van der Waals surface area contributed by atoms with Gasteiger partial charge in [0.25, 0.3) is 11.8 Å². The molecule has 0 radical (unpaired) electrons. The van der Waals surface area contributed by atoms with E-state index in [1.165, 1.54) is 29.7 Å². The molecule has 6 nitrogen and oxygen atoms in total. The summed E-state index contributed by atoms with van der Waals surface area (Å²) in [5.41, 5.74) is 2.03. The van der Waals surface area contributed by atoms with Crippen LogP contribution in [0.2, 0.25) is 0 Å². The molecular formula is C12H11N3O3S. The lowest BCUT2D eigenvalue weighted by Crippen LogP contribution is -2.38. The average Bonchev–Trinajstić information content (AvgIpc) is 3.09. The van der Waals surface area contributed by atoms with Gasteiger partial charge in [-0.3, -0.25) is 15.0 Å². The zero-order valence-electron chi connectivity index (χ0n) is 9.75. The van der Waals surface area contributed by atoms with Gasteiger partial charge in [-0.05, 0) is 29.7 Å². The van der Waals surface area contributed by atoms with Crippen LogP contribution in [0.4, 0.5) is 0 Å². The van der Waals surface area contributed by atoms with E-state index in [1.54, 1.807) is 6.07 Å². The topological polar surface area (TPSA) is 97.4 Å². The first-order valence-electron chi connectivity index (χ1n) is 5.31. The van der Waals surface area contributed by atoms with Crippen molar-refractivity contribution in [1.82, 2.24) is 10.7 Å². The molecule has 0 unspecified atom stereocenters. The van der Waals surface area contributed by atoms with Crippen molar-refractivity contribution in [1.29, 1.82) is 0 Å². The van der Waals surface area contributed by atoms with E-state index < -0.39 is 11.8 Å². The molecule has 0 aliphatic rings. The van der Waals surface area contributed by atoms with Gasteiger partial charge in [0, 0.05) is 4.88 Å². The summed E-state index contributed by atoms with van der Waals surface area (Å²) in [5, 5.41) is 4.31. The van der Waals surface area contributed by atoms with Crippen molar-refractivity contribution in [3.8, 4) is 0 Å². The molecule has 0 fully saturated rings. The van der Waals surface area contributed by atoms with Crippen LogP contribution in [-0.2, 0) is 4.79 Å². The van der Waals surface area contributed by atoms with Crippen molar-refractivity contribution in [2.24, 2.45) is 5.84 Å². The van der Waals surface area contributed by atoms with Crippen molar-refractivity contribution in [3.05, 3.63) is 52.2 Å². The SMILES string of the molecule is NNC(=O)C(=Cc1cccs1)NC(=O)c1ccco1. The van der Waals surface area contributed by atoms with Crippen LogP contribution in [-0.4, -0.2) is 11.8 Å². The third-order valence-electron chi connectivity index (χ3n) is 2.20. The van der Waals surface area contributed by atoms with E-state index in [0.717, 1.165) is 4.88 Å². The molecule has 0 atom stereocenters. The summed E-state index contributed by atoms with van der Waals surface area (Å²) in [6.45, 7) is 0. The minimum Gasteiger partial charge on any atom is -0.459 e. The zero-order chi connectivity index (χ0) is 13.7. The first kappa shape index (κ1) is 13.1. The summed E-state index contributed by atoms with van der Waals surface area (Å²) < 4.78 is 4.95. The van der Waals surface area contributed by atoms with E-state index in [2.05, 4.69) is 5.32 Å². The second-order valence-electron chi connectivity index (χ2n) is 3.48. The Morgan fingerprint density at radius 1 is 1.32 bits per heavy atom. The number of hydrogen-bond donors (Lipinski definition) is 3. The molecule has 19 heavy (non-hydrogen) atoms. The van der Waals surface area contributed by atoms with Gasteiger partial charge in [-0.2, -0.15) is 0 Å². The molecule has 2 aromatic heterocycles. The molecule has 0 aliphatic heterocycles. The molecule has 0 aromatic carbocycles. The van der Waals surface area contributed by atoms with Crippen molar-refractivity contribution >= 4 is 29.2 Å². The predicted molar refractivity (Wildman–Crippen MR) is 70.8 cm³/mol. The molecule has 4 N–H and O–H groups in total. The third kappa shape index (κ3) is 3.30. The highest BCUT2D eigenvalue weighted by Crippen LogP contribution is 2.13. The second-order valence-corrected chi connectivity index (χ2v) is 4.46. The van der Waals surface area contributed by atoms with Crippen molar-refractivity contribution < 1.29 is 14.0 Å². The highest BCUT2D eigenvalue weighted by Gasteiger charge is 2.15. The Bertz CT molecular complexity index is 588. The molecule has 0 bridgehead atoms. The Morgan fingerprint density at radius 3 is 2.74 bits per heavy atom. The van der Waals surface area contributed by atoms with E-state index >= 15 is 0 Å². The number of thiophene rings is 1. The fourth-order valence-corrected chi connectivity index (χ4v) is 2.00. The molecule has 2 rings (SSSR count). The third-order valence-corrected chi connectivity index (χ3v) is 3.02. The number of carbonyl (C=O) groups is 2. The maximum absolute atomic E-state index is 11.8. The first-order valence-corrected chi connectivity index (χ1v) is 6.19. The molecule has 7 heteroatoms. The van der Waals surface area contributed by atoms with Crippen LogP contribution in [0.3, 0.4) is 0 Å². The van der Waals surface area contributed by atoms with Gasteiger partial charge in [0.1, 0.15) is 5.70 Å². The maximum atomic E-state index is 11.8. The maximum Gasteiger partial charge on any atom is 0.291 e. The number of furan rings is 1. The Morgan fingerprint density at radius 2 is 2.16 bits per heavy atom. The van der Waals surface area contributed by atoms with Gasteiger partial charge in [-0.25, -0.2) is 5.84 Å². The number of rotatable bonds is 4. The normalized spacial score (nSPS) is 11.1. The molecule has 2 amide bonds. The second kappa shape index (κ2) is 5.98. The van der Waals surface area contributed by atoms with Gasteiger partial charge in [0.15, 0.2) is 5.76 Å². The van der Waals surface area contributed by atoms with Crippen LogP contribution < -0.4 is 16.6 Å². The summed E-state index contributed by atoms with van der Waals surface area (Å²) >= 11 is 1.43. The molecule has 0 aliphatic carbocycles. The predicted octanol–water partition coefficient (Wildman–Crippen LogP) is 1.10. The Hall–Kier alpha value is -2.38. The van der Waals surface area contributed by atoms with E-state index in [-0.39, 0.29) is 11.5 Å². The Kier molecular flexibility index (Phi) is 4.11. The van der Waals surface area contributed by atoms with Crippen LogP contribution in [0.15, 0.2) is 46.0 Å². The fourth-order valence-electron chi connectivity index (χ4n) is 1.34. The van der Waals surface area contributed by atoms with Crippen molar-refractivity contribution in [3.63, 3.8) is 0 Å². The lowest BCUT2D eigenvalue weighted by molar-refractivity contribution is -0.117. The lowest BCUT2D eigenvalue weighted by atomic mass is 10.3. The van der Waals surface area contributed by atoms with Crippen LogP contribution in [0.5, 0.6) is 0 Å². The number of hydrogen-bond acceptors (Lipinski definition) is 5. The van der Waals surface area contributed by atoms with Crippen LogP contribution in [0.25, 0.3) is 6.08 Å².